The SMILES string of the molecule is CC1CCC(CF)C1.CCF.CF.CF.FCF.FCF. The Labute approximate surface area is 122 Å². The van der Waals surface area contributed by atoms with Gasteiger partial charge in [0.05, 0.1) is 27.7 Å². The molecular formula is C13H28F8. The van der Waals surface area contributed by atoms with Gasteiger partial charge in [-0.1, -0.05) is 13.3 Å². The minimum absolute atomic E-state index is 0.0929. The molecule has 0 spiro atoms. The van der Waals surface area contributed by atoms with Crippen LogP contribution < -0.4 is 0 Å². The van der Waals surface area contributed by atoms with E-state index in [9.17, 15) is 35.1 Å². The third-order valence-electron chi connectivity index (χ3n) is 2.02. The maximum Gasteiger partial charge on any atom is 0.229 e. The van der Waals surface area contributed by atoms with E-state index in [2.05, 4.69) is 6.92 Å². The lowest BCUT2D eigenvalue weighted by Crippen LogP contribution is -1.94. The number of alkyl halides is 8. The maximum atomic E-state index is 11.9. The Morgan fingerprint density at radius 1 is 0.762 bits per heavy atom. The van der Waals surface area contributed by atoms with Gasteiger partial charge in [-0.25, -0.2) is 17.6 Å². The van der Waals surface area contributed by atoms with Crippen LogP contribution in [0.15, 0.2) is 0 Å². The summed E-state index contributed by atoms with van der Waals surface area (Å²) in [6, 6.07) is 0. The number of hydrogen-bond donors (Lipinski definition) is 0. The summed E-state index contributed by atoms with van der Waals surface area (Å²) in [5.41, 5.74) is 0. The molecule has 1 aliphatic carbocycles. The largest absolute Gasteiger partial charge is 0.255 e. The van der Waals surface area contributed by atoms with Crippen LogP contribution in [0.1, 0.15) is 33.1 Å². The fourth-order valence-electron chi connectivity index (χ4n) is 1.47. The van der Waals surface area contributed by atoms with E-state index in [4.69, 9.17) is 0 Å². The molecule has 1 rings (SSSR count). The monoisotopic (exact) mass is 336 g/mol. The van der Waals surface area contributed by atoms with Crippen molar-refractivity contribution in [3.63, 3.8) is 0 Å². The Balaban J connectivity index is -0.0000000562. The molecule has 21 heavy (non-hydrogen) atoms. The summed E-state index contributed by atoms with van der Waals surface area (Å²) in [7, 11) is 1.00. The van der Waals surface area contributed by atoms with Crippen molar-refractivity contribution < 1.29 is 35.1 Å². The maximum absolute atomic E-state index is 11.9. The summed E-state index contributed by atoms with van der Waals surface area (Å²) < 4.78 is 79.7. The summed E-state index contributed by atoms with van der Waals surface area (Å²) >= 11 is 0. The molecule has 0 aromatic carbocycles. The number of hydrogen-bond acceptors (Lipinski definition) is 0. The van der Waals surface area contributed by atoms with E-state index in [1.165, 1.54) is 13.3 Å². The molecule has 2 unspecified atom stereocenters. The highest BCUT2D eigenvalue weighted by Gasteiger charge is 2.20. The van der Waals surface area contributed by atoms with E-state index in [0.717, 1.165) is 18.8 Å². The predicted octanol–water partition coefficient (Wildman–Crippen LogP) is 6.31. The first kappa shape index (κ1) is 32.4. The third-order valence-corrected chi connectivity index (χ3v) is 2.02. The van der Waals surface area contributed by atoms with Crippen LogP contribution >= 0.6 is 0 Å². The second-order valence-electron chi connectivity index (χ2n) is 3.41. The normalized spacial score (nSPS) is 17.7. The smallest absolute Gasteiger partial charge is 0.229 e. The lowest BCUT2D eigenvalue weighted by atomic mass is 10.1. The van der Waals surface area contributed by atoms with Gasteiger partial charge in [-0.2, -0.15) is 0 Å². The van der Waals surface area contributed by atoms with Gasteiger partial charge in [0, 0.05) is 0 Å². The van der Waals surface area contributed by atoms with Gasteiger partial charge in [0.15, 0.2) is 0 Å². The molecule has 0 aromatic rings. The van der Waals surface area contributed by atoms with Crippen LogP contribution in [-0.2, 0) is 0 Å². The van der Waals surface area contributed by atoms with E-state index in [1.807, 2.05) is 0 Å². The third kappa shape index (κ3) is 54.2. The zero-order valence-corrected chi connectivity index (χ0v) is 13.1. The van der Waals surface area contributed by atoms with Gasteiger partial charge in [0.1, 0.15) is 0 Å². The molecule has 0 heterocycles. The number of halogens is 8. The Kier molecular flexibility index (Phi) is 65.9. The Morgan fingerprint density at radius 2 is 1.05 bits per heavy atom. The molecule has 0 nitrogen and oxygen atoms in total. The molecule has 0 radical (unpaired) electrons. The van der Waals surface area contributed by atoms with Crippen LogP contribution in [-0.4, -0.2) is 41.6 Å². The Hall–Kier alpha value is -0.560. The first-order valence-electron chi connectivity index (χ1n) is 6.19. The second kappa shape index (κ2) is 42.7. The summed E-state index contributed by atoms with van der Waals surface area (Å²) in [5.74, 6) is 1.20. The van der Waals surface area contributed by atoms with Gasteiger partial charge < -0.3 is 0 Å². The zero-order valence-electron chi connectivity index (χ0n) is 13.1. The van der Waals surface area contributed by atoms with Crippen molar-refractivity contribution in [2.45, 2.75) is 33.1 Å². The topological polar surface area (TPSA) is 0 Å². The lowest BCUT2D eigenvalue weighted by Gasteiger charge is -1.99. The van der Waals surface area contributed by atoms with Crippen molar-refractivity contribution in [3.8, 4) is 0 Å². The Bertz CT molecular complexity index is 112. The molecule has 0 aliphatic heterocycles. The van der Waals surface area contributed by atoms with E-state index in [1.54, 1.807) is 0 Å². The van der Waals surface area contributed by atoms with Gasteiger partial charge in [0.25, 0.3) is 0 Å². The van der Waals surface area contributed by atoms with Crippen LogP contribution in [0.4, 0.5) is 35.1 Å². The molecule has 0 bridgehead atoms. The van der Waals surface area contributed by atoms with E-state index in [-0.39, 0.29) is 13.3 Å². The molecule has 0 amide bonds. The molecule has 8 heteroatoms. The van der Waals surface area contributed by atoms with E-state index < -0.39 is 13.9 Å². The molecule has 0 aromatic heterocycles. The van der Waals surface area contributed by atoms with Crippen LogP contribution in [0, 0.1) is 11.8 Å². The first-order valence-corrected chi connectivity index (χ1v) is 6.19. The van der Waals surface area contributed by atoms with Gasteiger partial charge >= 0.3 is 0 Å². The molecule has 136 valence electrons. The zero-order chi connectivity index (χ0) is 18.1. The van der Waals surface area contributed by atoms with Crippen molar-refractivity contribution in [1.82, 2.24) is 0 Å². The fourth-order valence-corrected chi connectivity index (χ4v) is 1.47. The second-order valence-corrected chi connectivity index (χ2v) is 3.41. The standard InChI is InChI=1S/C7H13F.C2H5F.2CH2F2.2CH3F/c1-6-2-3-7(4-6)5-8;1-2-3;2*2-1-3;2*1-2/h6-7H,2-5H2,1H3;2H2,1H3;2*1H2;2*1H3. The molecular weight excluding hydrogens is 308 g/mol. The fraction of sp³-hybridized carbons (Fsp3) is 1.00. The average Bonchev–Trinajstić information content (AvgIpc) is 2.92. The van der Waals surface area contributed by atoms with Gasteiger partial charge in [-0.05, 0) is 31.6 Å². The van der Waals surface area contributed by atoms with Gasteiger partial charge in [-0.15, -0.1) is 0 Å². The molecule has 0 saturated heterocycles. The summed E-state index contributed by atoms with van der Waals surface area (Å²) in [6.07, 6.45) is 3.49. The molecule has 1 fully saturated rings. The van der Waals surface area contributed by atoms with Crippen molar-refractivity contribution in [1.29, 1.82) is 0 Å². The van der Waals surface area contributed by atoms with Crippen molar-refractivity contribution in [2.75, 3.05) is 41.6 Å². The van der Waals surface area contributed by atoms with Crippen LogP contribution in [0.5, 0.6) is 0 Å². The molecule has 1 saturated carbocycles. The summed E-state index contributed by atoms with van der Waals surface area (Å²) in [6.45, 7) is -0.181. The molecule has 1 aliphatic rings. The predicted molar refractivity (Wildman–Crippen MR) is 72.4 cm³/mol. The highest BCUT2D eigenvalue weighted by Crippen LogP contribution is 2.30. The van der Waals surface area contributed by atoms with Crippen molar-refractivity contribution in [3.05, 3.63) is 0 Å². The quantitative estimate of drug-likeness (QED) is 0.493. The van der Waals surface area contributed by atoms with E-state index >= 15 is 0 Å². The van der Waals surface area contributed by atoms with Crippen LogP contribution in [0.2, 0.25) is 0 Å². The average molecular weight is 336 g/mol. The highest BCUT2D eigenvalue weighted by molar-refractivity contribution is 4.71. The van der Waals surface area contributed by atoms with Gasteiger partial charge in [0.2, 0.25) is 13.9 Å². The van der Waals surface area contributed by atoms with Crippen molar-refractivity contribution in [2.24, 2.45) is 11.8 Å². The van der Waals surface area contributed by atoms with Gasteiger partial charge in [-0.3, -0.25) is 17.6 Å². The van der Waals surface area contributed by atoms with Crippen LogP contribution in [0.25, 0.3) is 0 Å². The summed E-state index contributed by atoms with van der Waals surface area (Å²) in [5, 5.41) is 0. The minimum Gasteiger partial charge on any atom is -0.255 e. The molecule has 2 atom stereocenters. The van der Waals surface area contributed by atoms with Crippen LogP contribution in [0.3, 0.4) is 0 Å². The first-order chi connectivity index (χ1) is 10.1. The van der Waals surface area contributed by atoms with Crippen molar-refractivity contribution >= 4 is 0 Å². The molecule has 0 N–H and O–H groups in total. The lowest BCUT2D eigenvalue weighted by molar-refractivity contribution is 0.295. The van der Waals surface area contributed by atoms with E-state index in [0.29, 0.717) is 20.3 Å². The Morgan fingerprint density at radius 3 is 1.14 bits per heavy atom. The number of rotatable bonds is 1. The minimum atomic E-state index is -1.75. The highest BCUT2D eigenvalue weighted by atomic mass is 19.3. The summed E-state index contributed by atoms with van der Waals surface area (Å²) in [4.78, 5) is 0.